The third kappa shape index (κ3) is 8.54. The van der Waals surface area contributed by atoms with Crippen LogP contribution in [0, 0.1) is 0 Å². The molecule has 0 aromatic rings. The lowest BCUT2D eigenvalue weighted by Gasteiger charge is -2.24. The number of rotatable bonds is 11. The van der Waals surface area contributed by atoms with Crippen molar-refractivity contribution < 1.29 is 14.6 Å². The van der Waals surface area contributed by atoms with Crippen LogP contribution in [0.15, 0.2) is 11.8 Å². The zero-order chi connectivity index (χ0) is 15.4. The summed E-state index contributed by atoms with van der Waals surface area (Å²) in [6.07, 6.45) is 5.36. The Balaban J connectivity index is 3.87. The standard InChI is InChI=1S/C16H32O3Si/c1-5-20(6-2,7-3)14-12-16(18)11-9-8-10-13-19-15(4)17/h12,14,16,18H,5-11,13H2,1-4H3/b14-12+/t16-/m0/s1. The van der Waals surface area contributed by atoms with Gasteiger partial charge in [0.1, 0.15) is 0 Å². The summed E-state index contributed by atoms with van der Waals surface area (Å²) in [5.41, 5.74) is 2.34. The van der Waals surface area contributed by atoms with E-state index in [9.17, 15) is 9.90 Å². The normalized spacial score (nSPS) is 13.7. The molecule has 1 atom stereocenters. The predicted octanol–water partition coefficient (Wildman–Crippen LogP) is 4.07. The molecule has 3 nitrogen and oxygen atoms in total. The van der Waals surface area contributed by atoms with Gasteiger partial charge in [0.05, 0.1) is 20.8 Å². The third-order valence-electron chi connectivity index (χ3n) is 4.23. The number of aliphatic hydroxyl groups excluding tert-OH is 1. The number of aliphatic hydroxyl groups is 1. The van der Waals surface area contributed by atoms with E-state index < -0.39 is 8.07 Å². The highest BCUT2D eigenvalue weighted by atomic mass is 28.3. The number of carbonyl (C=O) groups is 1. The SMILES string of the molecule is CC[Si](/C=C/[C@@H](O)CCCCCOC(C)=O)(CC)CC. The number of unbranched alkanes of at least 4 members (excludes halogenated alkanes) is 2. The summed E-state index contributed by atoms with van der Waals surface area (Å²) >= 11 is 0. The third-order valence-corrected chi connectivity index (χ3v) is 9.36. The van der Waals surface area contributed by atoms with Crippen molar-refractivity contribution in [1.82, 2.24) is 0 Å². The highest BCUT2D eigenvalue weighted by Crippen LogP contribution is 2.22. The van der Waals surface area contributed by atoms with E-state index in [-0.39, 0.29) is 12.1 Å². The fraction of sp³-hybridized carbons (Fsp3) is 0.812. The molecule has 0 fully saturated rings. The molecule has 0 saturated heterocycles. The van der Waals surface area contributed by atoms with Gasteiger partial charge in [0, 0.05) is 6.92 Å². The number of hydrogen-bond acceptors (Lipinski definition) is 3. The molecule has 118 valence electrons. The molecule has 20 heavy (non-hydrogen) atoms. The molecular formula is C16H32O3Si. The number of ether oxygens (including phenoxy) is 1. The van der Waals surface area contributed by atoms with Gasteiger partial charge in [-0.15, -0.1) is 0 Å². The Morgan fingerprint density at radius 1 is 1.15 bits per heavy atom. The molecule has 1 N–H and O–H groups in total. The molecule has 4 heteroatoms. The molecule has 0 bridgehead atoms. The van der Waals surface area contributed by atoms with Crippen molar-refractivity contribution in [3.8, 4) is 0 Å². The molecule has 0 aromatic heterocycles. The molecule has 0 radical (unpaired) electrons. The van der Waals surface area contributed by atoms with Crippen molar-refractivity contribution in [2.45, 2.75) is 77.6 Å². The van der Waals surface area contributed by atoms with Gasteiger partial charge < -0.3 is 9.84 Å². The second-order valence-corrected chi connectivity index (χ2v) is 10.7. The Morgan fingerprint density at radius 2 is 1.75 bits per heavy atom. The lowest BCUT2D eigenvalue weighted by molar-refractivity contribution is -0.141. The van der Waals surface area contributed by atoms with Gasteiger partial charge in [0.15, 0.2) is 0 Å². The lowest BCUT2D eigenvalue weighted by atomic mass is 10.1. The van der Waals surface area contributed by atoms with Crippen LogP contribution in [0.5, 0.6) is 0 Å². The van der Waals surface area contributed by atoms with Crippen molar-refractivity contribution in [2.75, 3.05) is 6.61 Å². The Kier molecular flexibility index (Phi) is 10.8. The largest absolute Gasteiger partial charge is 0.466 e. The molecule has 0 aliphatic heterocycles. The van der Waals surface area contributed by atoms with Crippen molar-refractivity contribution in [2.24, 2.45) is 0 Å². The van der Waals surface area contributed by atoms with Crippen LogP contribution >= 0.6 is 0 Å². The molecule has 0 spiro atoms. The van der Waals surface area contributed by atoms with Gasteiger partial charge in [-0.05, 0) is 19.3 Å². The molecule has 0 saturated carbocycles. The Bertz CT molecular complexity index is 277. The van der Waals surface area contributed by atoms with E-state index in [1.54, 1.807) is 0 Å². The van der Waals surface area contributed by atoms with Gasteiger partial charge >= 0.3 is 5.97 Å². The van der Waals surface area contributed by atoms with Gasteiger partial charge in [0.25, 0.3) is 0 Å². The molecule has 0 aromatic carbocycles. The Labute approximate surface area is 125 Å². The van der Waals surface area contributed by atoms with E-state index in [1.807, 2.05) is 6.08 Å². The summed E-state index contributed by atoms with van der Waals surface area (Å²) in [6.45, 7) is 8.74. The minimum Gasteiger partial charge on any atom is -0.466 e. The maximum atomic E-state index is 10.6. The fourth-order valence-electron chi connectivity index (χ4n) is 2.36. The van der Waals surface area contributed by atoms with E-state index in [4.69, 9.17) is 4.74 Å². The van der Waals surface area contributed by atoms with Gasteiger partial charge in [-0.2, -0.15) is 0 Å². The fourth-order valence-corrected chi connectivity index (χ4v) is 5.20. The topological polar surface area (TPSA) is 46.5 Å². The first-order chi connectivity index (χ1) is 9.49. The minimum atomic E-state index is -1.25. The highest BCUT2D eigenvalue weighted by Gasteiger charge is 2.22. The Morgan fingerprint density at radius 3 is 2.25 bits per heavy atom. The van der Waals surface area contributed by atoms with Crippen LogP contribution in [0.2, 0.25) is 18.1 Å². The zero-order valence-corrected chi connectivity index (χ0v) is 14.7. The van der Waals surface area contributed by atoms with E-state index in [0.29, 0.717) is 6.61 Å². The van der Waals surface area contributed by atoms with Crippen LogP contribution in [-0.4, -0.2) is 31.9 Å². The van der Waals surface area contributed by atoms with Crippen molar-refractivity contribution in [3.05, 3.63) is 11.8 Å². The lowest BCUT2D eigenvalue weighted by Crippen LogP contribution is -2.29. The van der Waals surface area contributed by atoms with E-state index in [1.165, 1.54) is 25.1 Å². The van der Waals surface area contributed by atoms with Gasteiger partial charge in [-0.25, -0.2) is 0 Å². The summed E-state index contributed by atoms with van der Waals surface area (Å²) in [5, 5.41) is 9.99. The second-order valence-electron chi connectivity index (χ2n) is 5.54. The van der Waals surface area contributed by atoms with Gasteiger partial charge in [0.2, 0.25) is 0 Å². The van der Waals surface area contributed by atoms with Crippen molar-refractivity contribution >= 4 is 14.0 Å². The molecule has 0 aliphatic carbocycles. The monoisotopic (exact) mass is 300 g/mol. The summed E-state index contributed by atoms with van der Waals surface area (Å²) in [4.78, 5) is 10.6. The summed E-state index contributed by atoms with van der Waals surface area (Å²) < 4.78 is 4.87. The molecule has 0 rings (SSSR count). The quantitative estimate of drug-likeness (QED) is 0.355. The van der Waals surface area contributed by atoms with Crippen molar-refractivity contribution in [3.63, 3.8) is 0 Å². The summed E-state index contributed by atoms with van der Waals surface area (Å²) in [7, 11) is -1.25. The van der Waals surface area contributed by atoms with Crippen LogP contribution in [0.1, 0.15) is 53.4 Å². The Hall–Kier alpha value is -0.613. The molecule has 0 unspecified atom stereocenters. The number of hydrogen-bond donors (Lipinski definition) is 1. The molecule has 0 aliphatic rings. The minimum absolute atomic E-state index is 0.215. The van der Waals surface area contributed by atoms with Crippen LogP contribution in [-0.2, 0) is 9.53 Å². The first kappa shape index (κ1) is 19.4. The van der Waals surface area contributed by atoms with Crippen LogP contribution < -0.4 is 0 Å². The van der Waals surface area contributed by atoms with Crippen LogP contribution in [0.25, 0.3) is 0 Å². The van der Waals surface area contributed by atoms with E-state index in [0.717, 1.165) is 25.7 Å². The van der Waals surface area contributed by atoms with Gasteiger partial charge in [-0.3, -0.25) is 4.79 Å². The van der Waals surface area contributed by atoms with Gasteiger partial charge in [-0.1, -0.05) is 57.1 Å². The van der Waals surface area contributed by atoms with Crippen LogP contribution in [0.4, 0.5) is 0 Å². The predicted molar refractivity (Wildman–Crippen MR) is 87.4 cm³/mol. The summed E-state index contributed by atoms with van der Waals surface area (Å²) in [6, 6.07) is 3.77. The number of carbonyl (C=O) groups excluding carboxylic acids is 1. The second kappa shape index (κ2) is 11.1. The van der Waals surface area contributed by atoms with Crippen molar-refractivity contribution in [1.29, 1.82) is 0 Å². The summed E-state index contributed by atoms with van der Waals surface area (Å²) in [5.74, 6) is -0.215. The smallest absolute Gasteiger partial charge is 0.302 e. The molecule has 0 amide bonds. The average molecular weight is 301 g/mol. The maximum absolute atomic E-state index is 10.6. The average Bonchev–Trinajstić information content (AvgIpc) is 2.44. The first-order valence-corrected chi connectivity index (χ1v) is 10.7. The first-order valence-electron chi connectivity index (χ1n) is 8.00. The zero-order valence-electron chi connectivity index (χ0n) is 13.7. The molecular weight excluding hydrogens is 268 g/mol. The maximum Gasteiger partial charge on any atom is 0.302 e. The van der Waals surface area contributed by atoms with Crippen LogP contribution in [0.3, 0.4) is 0 Å². The van der Waals surface area contributed by atoms with E-state index in [2.05, 4.69) is 26.5 Å². The molecule has 0 heterocycles. The number of esters is 1. The van der Waals surface area contributed by atoms with E-state index >= 15 is 0 Å². The highest BCUT2D eigenvalue weighted by molar-refractivity contribution is 6.84.